The molecule has 0 bridgehead atoms. The van der Waals surface area contributed by atoms with Crippen molar-refractivity contribution in [2.45, 2.75) is 13.3 Å². The zero-order chi connectivity index (χ0) is 20.2. The fraction of sp³-hybridized carbons (Fsp3) is 0.120. The highest BCUT2D eigenvalue weighted by Gasteiger charge is 2.20. The lowest BCUT2D eigenvalue weighted by molar-refractivity contribution is 0.0923. The summed E-state index contributed by atoms with van der Waals surface area (Å²) in [6.45, 7) is 2.49. The van der Waals surface area contributed by atoms with Crippen LogP contribution in [0.3, 0.4) is 0 Å². The van der Waals surface area contributed by atoms with Gasteiger partial charge in [-0.15, -0.1) is 0 Å². The van der Waals surface area contributed by atoms with Gasteiger partial charge in [-0.2, -0.15) is 0 Å². The molecule has 0 atom stereocenters. The summed E-state index contributed by atoms with van der Waals surface area (Å²) in [5.41, 5.74) is 3.29. The first-order valence-electron chi connectivity index (χ1n) is 9.58. The van der Waals surface area contributed by atoms with Gasteiger partial charge in [0.2, 0.25) is 5.76 Å². The Morgan fingerprint density at radius 3 is 2.24 bits per heavy atom. The van der Waals surface area contributed by atoms with Gasteiger partial charge in [-0.05, 0) is 30.5 Å². The van der Waals surface area contributed by atoms with Crippen molar-refractivity contribution in [3.05, 3.63) is 106 Å². The quantitative estimate of drug-likeness (QED) is 0.541. The summed E-state index contributed by atoms with van der Waals surface area (Å²) in [7, 11) is 0. The second-order valence-corrected chi connectivity index (χ2v) is 7.00. The first-order valence-corrected chi connectivity index (χ1v) is 9.58. The minimum absolute atomic E-state index is 0.0452. The van der Waals surface area contributed by atoms with E-state index in [1.54, 1.807) is 12.1 Å². The molecule has 4 heteroatoms. The number of rotatable bonds is 5. The number of fused-ring (bicyclic) bond motifs is 1. The molecule has 1 amide bonds. The molecule has 0 radical (unpaired) electrons. The van der Waals surface area contributed by atoms with Gasteiger partial charge in [0.15, 0.2) is 0 Å². The van der Waals surface area contributed by atoms with E-state index < -0.39 is 5.63 Å². The minimum Gasteiger partial charge on any atom is -0.416 e. The van der Waals surface area contributed by atoms with Gasteiger partial charge in [0.25, 0.3) is 5.91 Å². The van der Waals surface area contributed by atoms with Crippen LogP contribution in [0.15, 0.2) is 88.1 Å². The number of carbonyl (C=O) groups is 1. The highest BCUT2D eigenvalue weighted by atomic mass is 16.4. The molecule has 1 N–H and O–H groups in total. The van der Waals surface area contributed by atoms with Gasteiger partial charge in [0.05, 0.1) is 5.39 Å². The van der Waals surface area contributed by atoms with Crippen LogP contribution in [-0.4, -0.2) is 12.5 Å². The van der Waals surface area contributed by atoms with Crippen molar-refractivity contribution in [2.75, 3.05) is 6.54 Å². The maximum Gasteiger partial charge on any atom is 0.344 e. The van der Waals surface area contributed by atoms with Crippen molar-refractivity contribution < 1.29 is 9.21 Å². The summed E-state index contributed by atoms with van der Waals surface area (Å²) in [5.74, 6) is -0.345. The second kappa shape index (κ2) is 8.15. The molecule has 4 rings (SSSR count). The van der Waals surface area contributed by atoms with Crippen molar-refractivity contribution in [3.8, 4) is 11.1 Å². The third-order valence-electron chi connectivity index (χ3n) is 4.93. The monoisotopic (exact) mass is 383 g/mol. The molecule has 29 heavy (non-hydrogen) atoms. The first kappa shape index (κ1) is 18.7. The Morgan fingerprint density at radius 1 is 0.862 bits per heavy atom. The summed E-state index contributed by atoms with van der Waals surface area (Å²) >= 11 is 0. The molecule has 3 aromatic carbocycles. The van der Waals surface area contributed by atoms with Gasteiger partial charge in [0.1, 0.15) is 0 Å². The van der Waals surface area contributed by atoms with E-state index in [1.165, 1.54) is 5.56 Å². The average molecular weight is 383 g/mol. The number of carbonyl (C=O) groups excluding carboxylic acids is 1. The predicted octanol–water partition coefficient (Wildman–Crippen LogP) is 4.74. The highest BCUT2D eigenvalue weighted by molar-refractivity contribution is 6.07. The molecule has 1 heterocycles. The molecule has 0 spiro atoms. The molecular formula is C25H21NO3. The summed E-state index contributed by atoms with van der Waals surface area (Å²) in [6.07, 6.45) is 0.699. The predicted molar refractivity (Wildman–Crippen MR) is 115 cm³/mol. The molecule has 0 fully saturated rings. The number of hydrogen-bond donors (Lipinski definition) is 1. The van der Waals surface area contributed by atoms with E-state index >= 15 is 0 Å². The Labute approximate surface area is 168 Å². The van der Waals surface area contributed by atoms with Crippen LogP contribution in [0.25, 0.3) is 21.9 Å². The van der Waals surface area contributed by atoms with Crippen molar-refractivity contribution in [2.24, 2.45) is 0 Å². The van der Waals surface area contributed by atoms with Gasteiger partial charge < -0.3 is 9.73 Å². The van der Waals surface area contributed by atoms with Crippen LogP contribution >= 0.6 is 0 Å². The molecule has 4 aromatic rings. The third kappa shape index (κ3) is 3.97. The van der Waals surface area contributed by atoms with E-state index in [1.807, 2.05) is 73.7 Å². The number of amides is 1. The summed E-state index contributed by atoms with van der Waals surface area (Å²) < 4.78 is 5.49. The Morgan fingerprint density at radius 2 is 1.52 bits per heavy atom. The SMILES string of the molecule is Cc1ccc(CCNC(=O)c2oc(=O)c3ccccc3c2-c2ccccc2)cc1. The van der Waals surface area contributed by atoms with Crippen LogP contribution in [0.5, 0.6) is 0 Å². The lowest BCUT2D eigenvalue weighted by atomic mass is 9.98. The van der Waals surface area contributed by atoms with E-state index in [-0.39, 0.29) is 11.7 Å². The van der Waals surface area contributed by atoms with E-state index in [2.05, 4.69) is 5.32 Å². The number of nitrogens with one attached hydrogen (secondary N) is 1. The van der Waals surface area contributed by atoms with Crippen molar-refractivity contribution >= 4 is 16.7 Å². The fourth-order valence-corrected chi connectivity index (χ4v) is 3.41. The van der Waals surface area contributed by atoms with E-state index in [0.717, 1.165) is 11.1 Å². The van der Waals surface area contributed by atoms with Gasteiger partial charge in [-0.3, -0.25) is 4.79 Å². The maximum atomic E-state index is 12.9. The molecular weight excluding hydrogens is 362 g/mol. The zero-order valence-corrected chi connectivity index (χ0v) is 16.1. The maximum absolute atomic E-state index is 12.9. The lowest BCUT2D eigenvalue weighted by Crippen LogP contribution is -2.27. The van der Waals surface area contributed by atoms with E-state index in [9.17, 15) is 9.59 Å². The molecule has 0 aliphatic heterocycles. The minimum atomic E-state index is -0.510. The molecule has 0 saturated heterocycles. The van der Waals surface area contributed by atoms with Crippen LogP contribution in [0, 0.1) is 6.92 Å². The smallest absolute Gasteiger partial charge is 0.344 e. The van der Waals surface area contributed by atoms with Gasteiger partial charge in [-0.1, -0.05) is 78.4 Å². The molecule has 0 aliphatic carbocycles. The Kier molecular flexibility index (Phi) is 5.25. The topological polar surface area (TPSA) is 59.3 Å². The van der Waals surface area contributed by atoms with Crippen molar-refractivity contribution in [3.63, 3.8) is 0 Å². The van der Waals surface area contributed by atoms with Gasteiger partial charge in [-0.25, -0.2) is 4.79 Å². The van der Waals surface area contributed by atoms with Crippen LogP contribution in [0.4, 0.5) is 0 Å². The lowest BCUT2D eigenvalue weighted by Gasteiger charge is -2.12. The van der Waals surface area contributed by atoms with Crippen LogP contribution < -0.4 is 10.9 Å². The Hall–Kier alpha value is -3.66. The summed E-state index contributed by atoms with van der Waals surface area (Å²) in [4.78, 5) is 25.4. The molecule has 4 nitrogen and oxygen atoms in total. The fourth-order valence-electron chi connectivity index (χ4n) is 3.41. The summed E-state index contributed by atoms with van der Waals surface area (Å²) in [5, 5.41) is 4.06. The van der Waals surface area contributed by atoms with Crippen molar-refractivity contribution in [1.82, 2.24) is 5.32 Å². The average Bonchev–Trinajstić information content (AvgIpc) is 2.75. The first-order chi connectivity index (χ1) is 14.1. The third-order valence-corrected chi connectivity index (χ3v) is 4.93. The molecule has 0 saturated carbocycles. The molecule has 1 aromatic heterocycles. The van der Waals surface area contributed by atoms with Gasteiger partial charge >= 0.3 is 5.63 Å². The second-order valence-electron chi connectivity index (χ2n) is 7.00. The summed E-state index contributed by atoms with van der Waals surface area (Å²) in [6, 6.07) is 24.9. The van der Waals surface area contributed by atoms with Gasteiger partial charge in [0, 0.05) is 17.5 Å². The van der Waals surface area contributed by atoms with E-state index in [4.69, 9.17) is 4.42 Å². The number of hydrogen-bond acceptors (Lipinski definition) is 3. The van der Waals surface area contributed by atoms with Crippen LogP contribution in [-0.2, 0) is 6.42 Å². The molecule has 0 aliphatic rings. The van der Waals surface area contributed by atoms with Crippen LogP contribution in [0.1, 0.15) is 21.7 Å². The standard InChI is InChI=1S/C25H21NO3/c1-17-11-13-18(14-12-17)15-16-26-24(27)23-22(19-7-3-2-4-8-19)20-9-5-6-10-21(20)25(28)29-23/h2-14H,15-16H2,1H3,(H,26,27). The Bertz CT molecular complexity index is 1210. The largest absolute Gasteiger partial charge is 0.416 e. The zero-order valence-electron chi connectivity index (χ0n) is 16.1. The van der Waals surface area contributed by atoms with Crippen molar-refractivity contribution in [1.29, 1.82) is 0 Å². The normalized spacial score (nSPS) is 10.8. The molecule has 0 unspecified atom stereocenters. The highest BCUT2D eigenvalue weighted by Crippen LogP contribution is 2.30. The number of aryl methyl sites for hydroxylation is 1. The van der Waals surface area contributed by atoms with E-state index in [0.29, 0.717) is 29.3 Å². The molecule has 144 valence electrons. The Balaban J connectivity index is 1.68. The van der Waals surface area contributed by atoms with Crippen LogP contribution in [0.2, 0.25) is 0 Å². The number of benzene rings is 3.